The molecule has 6 heteroatoms. The van der Waals surface area contributed by atoms with Gasteiger partial charge < -0.3 is 9.47 Å². The van der Waals surface area contributed by atoms with Gasteiger partial charge in [-0.1, -0.05) is 19.1 Å². The molecule has 0 saturated carbocycles. The minimum Gasteiger partial charge on any atom is -0.461 e. The van der Waals surface area contributed by atoms with E-state index in [0.29, 0.717) is 5.75 Å². The number of hydrogen-bond donors (Lipinski definition) is 0. The molecule has 0 N–H and O–H groups in total. The minimum absolute atomic E-state index is 0.0392. The lowest BCUT2D eigenvalue weighted by atomic mass is 10.2. The molecular weight excluding hydrogens is 278 g/mol. The molecule has 0 saturated heterocycles. The van der Waals surface area contributed by atoms with Crippen LogP contribution in [0.1, 0.15) is 26.3 Å². The smallest absolute Gasteiger partial charge is 0.329 e. The lowest BCUT2D eigenvalue weighted by Crippen LogP contribution is -2.09. The zero-order valence-electron chi connectivity index (χ0n) is 11.6. The maximum Gasteiger partial charge on any atom is 0.329 e. The Balaban J connectivity index is 2.21. The highest BCUT2D eigenvalue weighted by Gasteiger charge is 2.09. The van der Waals surface area contributed by atoms with E-state index < -0.39 is 0 Å². The van der Waals surface area contributed by atoms with E-state index in [1.807, 2.05) is 38.1 Å². The van der Waals surface area contributed by atoms with E-state index >= 15 is 0 Å². The van der Waals surface area contributed by atoms with Gasteiger partial charge in [0.2, 0.25) is 5.28 Å². The first-order chi connectivity index (χ1) is 9.56. The number of nitrogens with zero attached hydrogens (tertiary/aromatic N) is 3. The summed E-state index contributed by atoms with van der Waals surface area (Å²) in [7, 11) is 0. The van der Waals surface area contributed by atoms with Crippen LogP contribution in [0.3, 0.4) is 0 Å². The quantitative estimate of drug-likeness (QED) is 0.842. The summed E-state index contributed by atoms with van der Waals surface area (Å²) in [5, 5.41) is 0.0392. The Bertz CT molecular complexity index is 590. The molecule has 1 aromatic heterocycles. The van der Waals surface area contributed by atoms with Gasteiger partial charge in [-0.3, -0.25) is 0 Å². The van der Waals surface area contributed by atoms with Crippen molar-refractivity contribution in [1.29, 1.82) is 0 Å². The van der Waals surface area contributed by atoms with E-state index in [1.54, 1.807) is 0 Å². The number of benzene rings is 1. The molecule has 2 rings (SSSR count). The highest BCUT2D eigenvalue weighted by Crippen LogP contribution is 2.22. The molecule has 0 radical (unpaired) electrons. The molecule has 0 aliphatic carbocycles. The second-order valence-electron chi connectivity index (χ2n) is 4.44. The van der Waals surface area contributed by atoms with Crippen molar-refractivity contribution in [1.82, 2.24) is 15.0 Å². The molecule has 0 bridgehead atoms. The molecule has 0 spiro atoms. The van der Waals surface area contributed by atoms with Crippen molar-refractivity contribution in [3.05, 3.63) is 35.1 Å². The minimum atomic E-state index is -0.0512. The maximum atomic E-state index is 5.84. The van der Waals surface area contributed by atoms with E-state index in [4.69, 9.17) is 21.1 Å². The first-order valence-electron chi connectivity index (χ1n) is 6.42. The normalized spacial score (nSPS) is 10.7. The van der Waals surface area contributed by atoms with Crippen LogP contribution in [0.4, 0.5) is 0 Å². The Morgan fingerprint density at radius 1 is 1.15 bits per heavy atom. The largest absolute Gasteiger partial charge is 0.461 e. The predicted octanol–water partition coefficient (Wildman–Crippen LogP) is 3.67. The highest BCUT2D eigenvalue weighted by atomic mass is 35.5. The van der Waals surface area contributed by atoms with E-state index in [2.05, 4.69) is 21.9 Å². The van der Waals surface area contributed by atoms with Crippen molar-refractivity contribution in [3.8, 4) is 17.8 Å². The Morgan fingerprint density at radius 3 is 2.60 bits per heavy atom. The summed E-state index contributed by atoms with van der Waals surface area (Å²) in [6.45, 7) is 5.83. The molecule has 0 fully saturated rings. The highest BCUT2D eigenvalue weighted by molar-refractivity contribution is 6.28. The maximum absolute atomic E-state index is 5.84. The van der Waals surface area contributed by atoms with Crippen molar-refractivity contribution >= 4 is 11.6 Å². The zero-order chi connectivity index (χ0) is 14.5. The third kappa shape index (κ3) is 4.06. The van der Waals surface area contributed by atoms with Crippen LogP contribution in [0.5, 0.6) is 17.8 Å². The summed E-state index contributed by atoms with van der Waals surface area (Å²) in [4.78, 5) is 11.9. The van der Waals surface area contributed by atoms with Crippen LogP contribution in [0.15, 0.2) is 24.3 Å². The van der Waals surface area contributed by atoms with E-state index in [-0.39, 0.29) is 23.4 Å². The van der Waals surface area contributed by atoms with Crippen molar-refractivity contribution in [2.45, 2.75) is 33.3 Å². The number of ether oxygens (including phenoxy) is 2. The summed E-state index contributed by atoms with van der Waals surface area (Å²) >= 11 is 5.84. The van der Waals surface area contributed by atoms with Crippen LogP contribution in [0.25, 0.3) is 0 Å². The van der Waals surface area contributed by atoms with Crippen molar-refractivity contribution in [2.75, 3.05) is 0 Å². The number of halogens is 1. The number of aryl methyl sites for hydroxylation is 1. The zero-order valence-corrected chi connectivity index (χ0v) is 12.4. The Hall–Kier alpha value is -1.88. The Labute approximate surface area is 123 Å². The van der Waals surface area contributed by atoms with Gasteiger partial charge in [-0.05, 0) is 49.6 Å². The summed E-state index contributed by atoms with van der Waals surface area (Å²) in [5.74, 6) is 0.655. The first-order valence-corrected chi connectivity index (χ1v) is 6.79. The van der Waals surface area contributed by atoms with Crippen LogP contribution in [-0.2, 0) is 6.42 Å². The topological polar surface area (TPSA) is 57.1 Å². The number of rotatable bonds is 5. The fourth-order valence-electron chi connectivity index (χ4n) is 1.56. The summed E-state index contributed by atoms with van der Waals surface area (Å²) in [5.41, 5.74) is 1.17. The third-order valence-corrected chi connectivity index (χ3v) is 2.59. The van der Waals surface area contributed by atoms with Gasteiger partial charge in [-0.15, -0.1) is 4.98 Å². The van der Waals surface area contributed by atoms with E-state index in [9.17, 15) is 0 Å². The van der Waals surface area contributed by atoms with Gasteiger partial charge in [-0.25, -0.2) is 0 Å². The van der Waals surface area contributed by atoms with Gasteiger partial charge in [0.25, 0.3) is 0 Å². The molecule has 0 aliphatic rings. The molecule has 0 amide bonds. The molecule has 106 valence electrons. The SMILES string of the molecule is CCc1cccc(Oc2nc(Cl)nc(OC(C)C)n2)c1. The van der Waals surface area contributed by atoms with Crippen LogP contribution in [-0.4, -0.2) is 21.1 Å². The average Bonchev–Trinajstić information content (AvgIpc) is 2.37. The second kappa shape index (κ2) is 6.52. The predicted molar refractivity (Wildman–Crippen MR) is 76.5 cm³/mol. The molecule has 1 heterocycles. The lowest BCUT2D eigenvalue weighted by Gasteiger charge is -2.09. The molecular formula is C14H16ClN3O2. The number of hydrogen-bond acceptors (Lipinski definition) is 5. The van der Waals surface area contributed by atoms with Crippen LogP contribution < -0.4 is 9.47 Å². The van der Waals surface area contributed by atoms with Gasteiger partial charge >= 0.3 is 12.0 Å². The Morgan fingerprint density at radius 2 is 1.90 bits per heavy atom. The standard InChI is InChI=1S/C14H16ClN3O2/c1-4-10-6-5-7-11(8-10)20-14-17-12(15)16-13(18-14)19-9(2)3/h5-9H,4H2,1-3H3. The molecule has 2 aromatic rings. The summed E-state index contributed by atoms with van der Waals surface area (Å²) in [6, 6.07) is 7.99. The van der Waals surface area contributed by atoms with Gasteiger partial charge in [0, 0.05) is 0 Å². The van der Waals surface area contributed by atoms with Gasteiger partial charge in [0.05, 0.1) is 6.10 Å². The van der Waals surface area contributed by atoms with Gasteiger partial charge in [0.15, 0.2) is 0 Å². The number of aromatic nitrogens is 3. The van der Waals surface area contributed by atoms with Crippen molar-refractivity contribution in [3.63, 3.8) is 0 Å². The lowest BCUT2D eigenvalue weighted by molar-refractivity contribution is 0.218. The summed E-state index contributed by atoms with van der Waals surface area (Å²) < 4.78 is 11.0. The fourth-order valence-corrected chi connectivity index (χ4v) is 1.70. The fraction of sp³-hybridized carbons (Fsp3) is 0.357. The first kappa shape index (κ1) is 14.5. The molecule has 5 nitrogen and oxygen atoms in total. The van der Waals surface area contributed by atoms with Gasteiger partial charge in [-0.2, -0.15) is 9.97 Å². The molecule has 0 aliphatic heterocycles. The Kier molecular flexibility index (Phi) is 4.74. The van der Waals surface area contributed by atoms with Crippen LogP contribution in [0, 0.1) is 0 Å². The monoisotopic (exact) mass is 293 g/mol. The van der Waals surface area contributed by atoms with Gasteiger partial charge in [0.1, 0.15) is 5.75 Å². The third-order valence-electron chi connectivity index (χ3n) is 2.42. The molecule has 0 unspecified atom stereocenters. The molecule has 20 heavy (non-hydrogen) atoms. The second-order valence-corrected chi connectivity index (χ2v) is 4.78. The average molecular weight is 294 g/mol. The molecule has 0 atom stereocenters. The molecule has 1 aromatic carbocycles. The van der Waals surface area contributed by atoms with E-state index in [1.165, 1.54) is 5.56 Å². The van der Waals surface area contributed by atoms with Crippen molar-refractivity contribution < 1.29 is 9.47 Å². The van der Waals surface area contributed by atoms with Crippen LogP contribution >= 0.6 is 11.6 Å². The van der Waals surface area contributed by atoms with E-state index in [0.717, 1.165) is 6.42 Å². The van der Waals surface area contributed by atoms with Crippen LogP contribution in [0.2, 0.25) is 5.28 Å². The summed E-state index contributed by atoms with van der Waals surface area (Å²) in [6.07, 6.45) is 0.876. The van der Waals surface area contributed by atoms with Crippen molar-refractivity contribution in [2.24, 2.45) is 0 Å².